The molecule has 1 aromatic heterocycles. The highest BCUT2D eigenvalue weighted by Crippen LogP contribution is 2.33. The number of halogens is 2. The maximum Gasteiger partial charge on any atom is 0.387 e. The van der Waals surface area contributed by atoms with Gasteiger partial charge < -0.3 is 19.7 Å². The van der Waals surface area contributed by atoms with E-state index in [0.29, 0.717) is 17.3 Å². The lowest BCUT2D eigenvalue weighted by Gasteiger charge is -2.10. The second-order valence-corrected chi connectivity index (χ2v) is 4.85. The summed E-state index contributed by atoms with van der Waals surface area (Å²) in [5.41, 5.74) is 6.35. The summed E-state index contributed by atoms with van der Waals surface area (Å²) in [4.78, 5) is 4.27. The highest BCUT2D eigenvalue weighted by Gasteiger charge is 2.19. The number of ether oxygens (including phenoxy) is 2. The van der Waals surface area contributed by atoms with Crippen molar-refractivity contribution in [3.05, 3.63) is 24.1 Å². The zero-order valence-electron chi connectivity index (χ0n) is 12.4. The molecule has 0 aliphatic heterocycles. The Kier molecular flexibility index (Phi) is 4.92. The van der Waals surface area contributed by atoms with Crippen LogP contribution in [0.4, 0.5) is 8.78 Å². The van der Waals surface area contributed by atoms with Crippen molar-refractivity contribution in [3.8, 4) is 22.9 Å². The fourth-order valence-electron chi connectivity index (χ4n) is 1.76. The minimum absolute atomic E-state index is 0.0612. The van der Waals surface area contributed by atoms with Crippen LogP contribution in [0.2, 0.25) is 0 Å². The van der Waals surface area contributed by atoms with Gasteiger partial charge >= 0.3 is 6.61 Å². The maximum absolute atomic E-state index is 12.3. The van der Waals surface area contributed by atoms with Crippen LogP contribution in [0.5, 0.6) is 11.5 Å². The summed E-state index contributed by atoms with van der Waals surface area (Å²) in [6.45, 7) is 0.791. The van der Waals surface area contributed by atoms with Crippen LogP contribution in [0.1, 0.15) is 25.7 Å². The summed E-state index contributed by atoms with van der Waals surface area (Å²) >= 11 is 0. The summed E-state index contributed by atoms with van der Waals surface area (Å²) < 4.78 is 39.2. The molecule has 0 radical (unpaired) electrons. The first-order chi connectivity index (χ1) is 10.4. The second-order valence-electron chi connectivity index (χ2n) is 4.85. The van der Waals surface area contributed by atoms with E-state index in [9.17, 15) is 8.78 Å². The molecule has 0 bridgehead atoms. The monoisotopic (exact) mass is 313 g/mol. The predicted molar refractivity (Wildman–Crippen MR) is 75.0 cm³/mol. The summed E-state index contributed by atoms with van der Waals surface area (Å²) in [5.74, 6) is 0.740. The molecule has 0 spiro atoms. The molecule has 8 heteroatoms. The first-order valence-corrected chi connectivity index (χ1v) is 6.64. The van der Waals surface area contributed by atoms with Gasteiger partial charge in [0.1, 0.15) is 0 Å². The van der Waals surface area contributed by atoms with Gasteiger partial charge in [-0.1, -0.05) is 12.1 Å². The van der Waals surface area contributed by atoms with Gasteiger partial charge in [-0.15, -0.1) is 0 Å². The van der Waals surface area contributed by atoms with Crippen LogP contribution in [-0.2, 0) is 0 Å². The Balaban J connectivity index is 2.29. The minimum atomic E-state index is -2.93. The Morgan fingerprint density at radius 3 is 2.55 bits per heavy atom. The van der Waals surface area contributed by atoms with Crippen LogP contribution in [0.15, 0.2) is 22.7 Å². The number of methoxy groups -OCH3 is 1. The van der Waals surface area contributed by atoms with Crippen molar-refractivity contribution < 1.29 is 22.8 Å². The lowest BCUT2D eigenvalue weighted by atomic mass is 10.1. The first kappa shape index (κ1) is 16.2. The highest BCUT2D eigenvalue weighted by atomic mass is 19.3. The largest absolute Gasteiger partial charge is 0.493 e. The molecule has 2 atom stereocenters. The topological polar surface area (TPSA) is 83.4 Å². The van der Waals surface area contributed by atoms with E-state index in [0.717, 1.165) is 0 Å². The molecule has 0 amide bonds. The Morgan fingerprint density at radius 2 is 1.95 bits per heavy atom. The van der Waals surface area contributed by atoms with E-state index >= 15 is 0 Å². The average Bonchev–Trinajstić information content (AvgIpc) is 2.95. The Hall–Kier alpha value is -2.22. The van der Waals surface area contributed by atoms with Crippen molar-refractivity contribution in [3.63, 3.8) is 0 Å². The maximum atomic E-state index is 12.3. The van der Waals surface area contributed by atoms with Gasteiger partial charge in [0.2, 0.25) is 11.7 Å². The van der Waals surface area contributed by atoms with Crippen LogP contribution in [0, 0.1) is 0 Å². The van der Waals surface area contributed by atoms with Gasteiger partial charge in [0.25, 0.3) is 0 Å². The van der Waals surface area contributed by atoms with Crippen LogP contribution in [0.25, 0.3) is 11.4 Å². The average molecular weight is 313 g/mol. The van der Waals surface area contributed by atoms with Crippen LogP contribution in [0.3, 0.4) is 0 Å². The number of hydrogen-bond acceptors (Lipinski definition) is 6. The van der Waals surface area contributed by atoms with Crippen molar-refractivity contribution in [2.75, 3.05) is 7.11 Å². The van der Waals surface area contributed by atoms with Crippen LogP contribution < -0.4 is 15.2 Å². The van der Waals surface area contributed by atoms with Gasteiger partial charge in [0.15, 0.2) is 11.5 Å². The lowest BCUT2D eigenvalue weighted by molar-refractivity contribution is -0.0512. The third-order valence-electron chi connectivity index (χ3n) is 3.26. The molecule has 0 fully saturated rings. The molecule has 22 heavy (non-hydrogen) atoms. The van der Waals surface area contributed by atoms with Crippen molar-refractivity contribution in [1.29, 1.82) is 0 Å². The van der Waals surface area contributed by atoms with Gasteiger partial charge in [-0.2, -0.15) is 13.8 Å². The van der Waals surface area contributed by atoms with Crippen molar-refractivity contribution in [2.24, 2.45) is 5.73 Å². The van der Waals surface area contributed by atoms with Gasteiger partial charge in [0, 0.05) is 11.6 Å². The van der Waals surface area contributed by atoms with E-state index in [2.05, 4.69) is 14.9 Å². The number of aromatic nitrogens is 2. The smallest absolute Gasteiger partial charge is 0.387 e. The lowest BCUT2D eigenvalue weighted by Crippen LogP contribution is -2.22. The molecule has 0 saturated carbocycles. The quantitative estimate of drug-likeness (QED) is 0.883. The third kappa shape index (κ3) is 3.51. The second kappa shape index (κ2) is 6.69. The SMILES string of the molecule is COc1cc(-c2noc(C(C)C(C)N)n2)ccc1OC(F)F. The molecular formula is C14H17F2N3O3. The molecule has 2 unspecified atom stereocenters. The van der Waals surface area contributed by atoms with Gasteiger partial charge in [-0.25, -0.2) is 0 Å². The molecule has 0 saturated heterocycles. The van der Waals surface area contributed by atoms with E-state index in [1.54, 1.807) is 6.07 Å². The van der Waals surface area contributed by atoms with Crippen LogP contribution >= 0.6 is 0 Å². The van der Waals surface area contributed by atoms with Crippen molar-refractivity contribution in [1.82, 2.24) is 10.1 Å². The van der Waals surface area contributed by atoms with E-state index in [1.807, 2.05) is 13.8 Å². The fraction of sp³-hybridized carbons (Fsp3) is 0.429. The van der Waals surface area contributed by atoms with Gasteiger partial charge in [-0.05, 0) is 25.1 Å². The molecule has 6 nitrogen and oxygen atoms in total. The molecule has 120 valence electrons. The Labute approximate surface area is 126 Å². The molecule has 0 aliphatic rings. The molecule has 2 rings (SSSR count). The molecule has 1 aromatic carbocycles. The summed E-state index contributed by atoms with van der Waals surface area (Å²) in [6, 6.07) is 4.28. The van der Waals surface area contributed by atoms with Crippen molar-refractivity contribution >= 4 is 0 Å². The van der Waals surface area contributed by atoms with E-state index in [1.165, 1.54) is 19.2 Å². The molecular weight excluding hydrogens is 296 g/mol. The van der Waals surface area contributed by atoms with Crippen LogP contribution in [-0.4, -0.2) is 29.9 Å². The standard InChI is InChI=1S/C14H17F2N3O3/c1-7(8(2)17)13-18-12(19-22-13)9-4-5-10(21-14(15)16)11(6-9)20-3/h4-8,14H,17H2,1-3H3. The predicted octanol–water partition coefficient (Wildman–Crippen LogP) is 2.80. The van der Waals surface area contributed by atoms with Gasteiger partial charge in [-0.3, -0.25) is 0 Å². The zero-order chi connectivity index (χ0) is 16.3. The normalized spacial score (nSPS) is 14.0. The summed E-state index contributed by atoms with van der Waals surface area (Å²) in [7, 11) is 1.36. The first-order valence-electron chi connectivity index (χ1n) is 6.64. The van der Waals surface area contributed by atoms with Crippen molar-refractivity contribution in [2.45, 2.75) is 32.4 Å². The fourth-order valence-corrected chi connectivity index (χ4v) is 1.76. The summed E-state index contributed by atoms with van der Waals surface area (Å²) in [6.07, 6.45) is 0. The van der Waals surface area contributed by atoms with Gasteiger partial charge in [0.05, 0.1) is 13.0 Å². The Bertz CT molecular complexity index is 632. The minimum Gasteiger partial charge on any atom is -0.493 e. The number of rotatable bonds is 6. The number of hydrogen-bond donors (Lipinski definition) is 1. The Morgan fingerprint density at radius 1 is 1.23 bits per heavy atom. The highest BCUT2D eigenvalue weighted by molar-refractivity contribution is 5.60. The number of nitrogens with two attached hydrogens (primary N) is 1. The number of alkyl halides is 2. The van der Waals surface area contributed by atoms with E-state index in [4.69, 9.17) is 15.0 Å². The zero-order valence-corrected chi connectivity index (χ0v) is 12.4. The molecule has 1 heterocycles. The summed E-state index contributed by atoms with van der Waals surface area (Å²) in [5, 5.41) is 3.87. The third-order valence-corrected chi connectivity index (χ3v) is 3.26. The molecule has 2 aromatic rings. The van der Waals surface area contributed by atoms with E-state index in [-0.39, 0.29) is 23.5 Å². The number of nitrogens with zero attached hydrogens (tertiary/aromatic N) is 2. The molecule has 2 N–H and O–H groups in total. The molecule has 0 aliphatic carbocycles. The number of benzene rings is 1. The van der Waals surface area contributed by atoms with E-state index < -0.39 is 6.61 Å².